The fourth-order valence-corrected chi connectivity index (χ4v) is 2.42. The van der Waals surface area contributed by atoms with Crippen molar-refractivity contribution in [2.24, 2.45) is 0 Å². The first kappa shape index (κ1) is 11.1. The molecule has 82 valence electrons. The fraction of sp³-hybridized carbons (Fsp3) is 0.500. The molecule has 2 nitrogen and oxygen atoms in total. The average Bonchev–Trinajstić information content (AvgIpc) is 2.71. The quantitative estimate of drug-likeness (QED) is 0.865. The van der Waals surface area contributed by atoms with Crippen LogP contribution in [0.3, 0.4) is 0 Å². The smallest absolute Gasteiger partial charge is 0.102 e. The lowest BCUT2D eigenvalue weighted by Crippen LogP contribution is -2.42. The van der Waals surface area contributed by atoms with Gasteiger partial charge < -0.3 is 10.4 Å². The highest BCUT2D eigenvalue weighted by Crippen LogP contribution is 2.30. The summed E-state index contributed by atoms with van der Waals surface area (Å²) in [5, 5.41) is 13.8. The third-order valence-corrected chi connectivity index (χ3v) is 3.70. The summed E-state index contributed by atoms with van der Waals surface area (Å²) in [7, 11) is 0. The van der Waals surface area contributed by atoms with Crippen LogP contribution in [-0.2, 0) is 5.60 Å². The van der Waals surface area contributed by atoms with E-state index in [0.717, 1.165) is 29.4 Å². The second-order valence-corrected chi connectivity index (χ2v) is 5.22. The summed E-state index contributed by atoms with van der Waals surface area (Å²) in [6.45, 7) is 2.90. The van der Waals surface area contributed by atoms with Crippen LogP contribution in [0.25, 0.3) is 0 Å². The molecule has 2 rings (SSSR count). The molecule has 2 N–H and O–H groups in total. The van der Waals surface area contributed by atoms with Crippen LogP contribution >= 0.6 is 15.9 Å². The average molecular weight is 270 g/mol. The molecule has 1 aliphatic heterocycles. The fourth-order valence-electron chi connectivity index (χ4n) is 2.15. The van der Waals surface area contributed by atoms with Gasteiger partial charge in [0.1, 0.15) is 5.60 Å². The van der Waals surface area contributed by atoms with Crippen LogP contribution in [0.1, 0.15) is 25.3 Å². The SMILES string of the molecule is CC(O)(c1ccc(Br)cc1)C1CCCN1. The van der Waals surface area contributed by atoms with Crippen molar-refractivity contribution in [3.05, 3.63) is 34.3 Å². The van der Waals surface area contributed by atoms with E-state index in [9.17, 15) is 5.11 Å². The third kappa shape index (κ3) is 2.25. The first-order valence-corrected chi connectivity index (χ1v) is 6.12. The molecular weight excluding hydrogens is 254 g/mol. The van der Waals surface area contributed by atoms with Crippen LogP contribution in [0, 0.1) is 0 Å². The van der Waals surface area contributed by atoms with E-state index in [1.807, 2.05) is 31.2 Å². The van der Waals surface area contributed by atoms with E-state index in [0.29, 0.717) is 0 Å². The molecule has 1 aromatic rings. The Hall–Kier alpha value is -0.380. The summed E-state index contributed by atoms with van der Waals surface area (Å²) in [6, 6.07) is 8.07. The van der Waals surface area contributed by atoms with Crippen molar-refractivity contribution >= 4 is 15.9 Å². The first-order chi connectivity index (χ1) is 7.10. The van der Waals surface area contributed by atoms with Gasteiger partial charge >= 0.3 is 0 Å². The molecule has 15 heavy (non-hydrogen) atoms. The minimum absolute atomic E-state index is 0.179. The van der Waals surface area contributed by atoms with Crippen molar-refractivity contribution < 1.29 is 5.11 Å². The second kappa shape index (κ2) is 4.24. The van der Waals surface area contributed by atoms with Gasteiger partial charge in [-0.05, 0) is 44.0 Å². The van der Waals surface area contributed by atoms with Crippen molar-refractivity contribution in [3.8, 4) is 0 Å². The molecule has 1 saturated heterocycles. The predicted octanol–water partition coefficient (Wildman–Crippen LogP) is 2.41. The zero-order valence-electron chi connectivity index (χ0n) is 8.83. The summed E-state index contributed by atoms with van der Waals surface area (Å²) >= 11 is 3.40. The number of hydrogen-bond acceptors (Lipinski definition) is 2. The molecule has 0 bridgehead atoms. The van der Waals surface area contributed by atoms with Crippen LogP contribution in [-0.4, -0.2) is 17.7 Å². The van der Waals surface area contributed by atoms with E-state index >= 15 is 0 Å². The monoisotopic (exact) mass is 269 g/mol. The maximum Gasteiger partial charge on any atom is 0.102 e. The largest absolute Gasteiger partial charge is 0.384 e. The van der Waals surface area contributed by atoms with E-state index in [-0.39, 0.29) is 6.04 Å². The number of halogens is 1. The van der Waals surface area contributed by atoms with Gasteiger partial charge in [0.25, 0.3) is 0 Å². The number of rotatable bonds is 2. The molecule has 2 unspecified atom stereocenters. The Balaban J connectivity index is 2.23. The minimum atomic E-state index is -0.767. The molecule has 0 amide bonds. The van der Waals surface area contributed by atoms with Crippen LogP contribution < -0.4 is 5.32 Å². The summed E-state index contributed by atoms with van der Waals surface area (Å²) in [6.07, 6.45) is 2.19. The normalized spacial score (nSPS) is 25.1. The second-order valence-electron chi connectivity index (χ2n) is 4.30. The van der Waals surface area contributed by atoms with Gasteiger partial charge in [-0.15, -0.1) is 0 Å². The Morgan fingerprint density at radius 2 is 2.07 bits per heavy atom. The third-order valence-electron chi connectivity index (χ3n) is 3.17. The highest BCUT2D eigenvalue weighted by molar-refractivity contribution is 9.10. The Kier molecular flexibility index (Phi) is 3.14. The zero-order chi connectivity index (χ0) is 10.9. The summed E-state index contributed by atoms with van der Waals surface area (Å²) < 4.78 is 1.04. The molecule has 0 saturated carbocycles. The molecule has 0 aromatic heterocycles. The van der Waals surface area contributed by atoms with Gasteiger partial charge in [-0.1, -0.05) is 28.1 Å². The lowest BCUT2D eigenvalue weighted by molar-refractivity contribution is 0.0218. The first-order valence-electron chi connectivity index (χ1n) is 5.32. The molecule has 2 atom stereocenters. The molecule has 0 radical (unpaired) electrons. The molecule has 0 aliphatic carbocycles. The molecule has 1 aliphatic rings. The van der Waals surface area contributed by atoms with E-state index < -0.39 is 5.60 Å². The molecule has 1 fully saturated rings. The van der Waals surface area contributed by atoms with Gasteiger partial charge in [0, 0.05) is 10.5 Å². The van der Waals surface area contributed by atoms with Crippen molar-refractivity contribution in [1.29, 1.82) is 0 Å². The van der Waals surface area contributed by atoms with Gasteiger partial charge in [-0.25, -0.2) is 0 Å². The Bertz CT molecular complexity index is 328. The van der Waals surface area contributed by atoms with Crippen LogP contribution in [0.15, 0.2) is 28.7 Å². The molecular formula is C12H16BrNO. The van der Waals surface area contributed by atoms with E-state index in [1.54, 1.807) is 0 Å². The van der Waals surface area contributed by atoms with Crippen molar-refractivity contribution in [1.82, 2.24) is 5.32 Å². The van der Waals surface area contributed by atoms with E-state index in [2.05, 4.69) is 21.2 Å². The Morgan fingerprint density at radius 3 is 2.60 bits per heavy atom. The number of hydrogen-bond donors (Lipinski definition) is 2. The van der Waals surface area contributed by atoms with Crippen molar-refractivity contribution in [2.45, 2.75) is 31.4 Å². The van der Waals surface area contributed by atoms with Crippen LogP contribution in [0.2, 0.25) is 0 Å². The maximum atomic E-state index is 10.5. The number of benzene rings is 1. The van der Waals surface area contributed by atoms with E-state index in [4.69, 9.17) is 0 Å². The van der Waals surface area contributed by atoms with Gasteiger partial charge in [-0.3, -0.25) is 0 Å². The van der Waals surface area contributed by atoms with Gasteiger partial charge in [0.2, 0.25) is 0 Å². The highest BCUT2D eigenvalue weighted by atomic mass is 79.9. The van der Waals surface area contributed by atoms with Crippen LogP contribution in [0.5, 0.6) is 0 Å². The highest BCUT2D eigenvalue weighted by Gasteiger charge is 2.35. The molecule has 1 heterocycles. The molecule has 0 spiro atoms. The Morgan fingerprint density at radius 1 is 1.40 bits per heavy atom. The zero-order valence-corrected chi connectivity index (χ0v) is 10.4. The van der Waals surface area contributed by atoms with Gasteiger partial charge in [0.05, 0.1) is 0 Å². The van der Waals surface area contributed by atoms with Gasteiger partial charge in [0.15, 0.2) is 0 Å². The maximum absolute atomic E-state index is 10.5. The number of nitrogens with one attached hydrogen (secondary N) is 1. The Labute approximate surface area is 98.8 Å². The lowest BCUT2D eigenvalue weighted by Gasteiger charge is -2.30. The predicted molar refractivity (Wildman–Crippen MR) is 64.7 cm³/mol. The topological polar surface area (TPSA) is 32.3 Å². The van der Waals surface area contributed by atoms with Crippen molar-refractivity contribution in [3.63, 3.8) is 0 Å². The summed E-state index contributed by atoms with van der Waals surface area (Å²) in [5.74, 6) is 0. The minimum Gasteiger partial charge on any atom is -0.384 e. The lowest BCUT2D eigenvalue weighted by atomic mass is 9.87. The molecule has 1 aromatic carbocycles. The summed E-state index contributed by atoms with van der Waals surface area (Å²) in [5.41, 5.74) is 0.210. The number of aliphatic hydroxyl groups is 1. The van der Waals surface area contributed by atoms with Crippen molar-refractivity contribution in [2.75, 3.05) is 6.54 Å². The van der Waals surface area contributed by atoms with E-state index in [1.165, 1.54) is 0 Å². The standard InChI is InChI=1S/C12H16BrNO/c1-12(15,11-3-2-8-14-11)9-4-6-10(13)7-5-9/h4-7,11,14-15H,2-3,8H2,1H3. The summed E-state index contributed by atoms with van der Waals surface area (Å²) in [4.78, 5) is 0. The van der Waals surface area contributed by atoms with Crippen LogP contribution in [0.4, 0.5) is 0 Å². The van der Waals surface area contributed by atoms with Gasteiger partial charge in [-0.2, -0.15) is 0 Å². The molecule has 3 heteroatoms.